The van der Waals surface area contributed by atoms with Crippen molar-refractivity contribution in [1.82, 2.24) is 4.90 Å². The Morgan fingerprint density at radius 3 is 2.40 bits per heavy atom. The standard InChI is InChI=1S/C10H20F2N2O/c1-8(2)3-4-10(15)14(6-5-13)7-9(11)12/h8-9H,3-7,13H2,1-2H3. The van der Waals surface area contributed by atoms with E-state index >= 15 is 0 Å². The van der Waals surface area contributed by atoms with Crippen molar-refractivity contribution < 1.29 is 13.6 Å². The summed E-state index contributed by atoms with van der Waals surface area (Å²) >= 11 is 0. The number of hydrogen-bond donors (Lipinski definition) is 1. The zero-order valence-corrected chi connectivity index (χ0v) is 9.38. The lowest BCUT2D eigenvalue weighted by Crippen LogP contribution is -2.38. The van der Waals surface area contributed by atoms with Gasteiger partial charge in [-0.15, -0.1) is 0 Å². The molecule has 3 nitrogen and oxygen atoms in total. The highest BCUT2D eigenvalue weighted by Crippen LogP contribution is 2.07. The molecule has 0 aliphatic carbocycles. The van der Waals surface area contributed by atoms with Crippen LogP contribution in [0.5, 0.6) is 0 Å². The Kier molecular flexibility index (Phi) is 7.21. The summed E-state index contributed by atoms with van der Waals surface area (Å²) < 4.78 is 24.3. The second kappa shape index (κ2) is 7.56. The topological polar surface area (TPSA) is 46.3 Å². The number of nitrogens with zero attached hydrogens (tertiary/aromatic N) is 1. The molecule has 0 aromatic heterocycles. The number of amides is 1. The van der Waals surface area contributed by atoms with Gasteiger partial charge in [-0.1, -0.05) is 13.8 Å². The Morgan fingerprint density at radius 2 is 2.00 bits per heavy atom. The fourth-order valence-corrected chi connectivity index (χ4v) is 1.21. The van der Waals surface area contributed by atoms with Crippen LogP contribution < -0.4 is 5.73 Å². The molecule has 0 bridgehead atoms. The van der Waals surface area contributed by atoms with E-state index in [1.807, 2.05) is 13.8 Å². The quantitative estimate of drug-likeness (QED) is 0.709. The predicted octanol–water partition coefficient (Wildman–Crippen LogP) is 1.48. The van der Waals surface area contributed by atoms with E-state index in [9.17, 15) is 13.6 Å². The molecule has 2 N–H and O–H groups in total. The van der Waals surface area contributed by atoms with Crippen molar-refractivity contribution in [3.05, 3.63) is 0 Å². The van der Waals surface area contributed by atoms with E-state index < -0.39 is 13.0 Å². The summed E-state index contributed by atoms with van der Waals surface area (Å²) in [5.41, 5.74) is 5.26. The molecule has 5 heteroatoms. The van der Waals surface area contributed by atoms with Crippen LogP contribution in [-0.4, -0.2) is 36.9 Å². The summed E-state index contributed by atoms with van der Waals surface area (Å²) in [6.45, 7) is 3.91. The van der Waals surface area contributed by atoms with Gasteiger partial charge in [-0.3, -0.25) is 4.79 Å². The van der Waals surface area contributed by atoms with Gasteiger partial charge in [0.1, 0.15) is 0 Å². The molecule has 0 aliphatic rings. The van der Waals surface area contributed by atoms with Gasteiger partial charge in [-0.25, -0.2) is 8.78 Å². The minimum Gasteiger partial charge on any atom is -0.336 e. The maximum atomic E-state index is 12.1. The van der Waals surface area contributed by atoms with E-state index in [4.69, 9.17) is 5.73 Å². The number of nitrogens with two attached hydrogens (primary N) is 1. The van der Waals surface area contributed by atoms with Gasteiger partial charge in [-0.05, 0) is 12.3 Å². The largest absolute Gasteiger partial charge is 0.336 e. The third-order valence-corrected chi connectivity index (χ3v) is 2.05. The second-order valence-corrected chi connectivity index (χ2v) is 3.95. The third kappa shape index (κ3) is 7.25. The van der Waals surface area contributed by atoms with Crippen molar-refractivity contribution >= 4 is 5.91 Å². The second-order valence-electron chi connectivity index (χ2n) is 3.95. The molecule has 0 aromatic carbocycles. The first-order chi connectivity index (χ1) is 6.97. The lowest BCUT2D eigenvalue weighted by atomic mass is 10.1. The Balaban J connectivity index is 4.04. The van der Waals surface area contributed by atoms with E-state index in [2.05, 4.69) is 0 Å². The Morgan fingerprint density at radius 1 is 1.40 bits per heavy atom. The van der Waals surface area contributed by atoms with E-state index in [-0.39, 0.29) is 19.0 Å². The normalized spacial score (nSPS) is 11.1. The van der Waals surface area contributed by atoms with Gasteiger partial charge >= 0.3 is 0 Å². The van der Waals surface area contributed by atoms with Crippen LogP contribution in [0, 0.1) is 5.92 Å². The first kappa shape index (κ1) is 14.3. The van der Waals surface area contributed by atoms with Gasteiger partial charge in [0.05, 0.1) is 6.54 Å². The van der Waals surface area contributed by atoms with E-state index in [1.54, 1.807) is 0 Å². The molecule has 0 radical (unpaired) electrons. The summed E-state index contributed by atoms with van der Waals surface area (Å²) in [5.74, 6) is 0.176. The molecule has 0 atom stereocenters. The monoisotopic (exact) mass is 222 g/mol. The molecule has 0 saturated heterocycles. The molecule has 0 aliphatic heterocycles. The summed E-state index contributed by atoms with van der Waals surface area (Å²) in [6, 6.07) is 0. The van der Waals surface area contributed by atoms with Crippen LogP contribution in [0.4, 0.5) is 8.78 Å². The highest BCUT2D eigenvalue weighted by Gasteiger charge is 2.17. The van der Waals surface area contributed by atoms with E-state index in [0.29, 0.717) is 12.3 Å². The number of hydrogen-bond acceptors (Lipinski definition) is 2. The van der Waals surface area contributed by atoms with Gasteiger partial charge in [0.15, 0.2) is 0 Å². The smallest absolute Gasteiger partial charge is 0.255 e. The first-order valence-electron chi connectivity index (χ1n) is 5.23. The highest BCUT2D eigenvalue weighted by atomic mass is 19.3. The van der Waals surface area contributed by atoms with Crippen molar-refractivity contribution in [2.24, 2.45) is 11.7 Å². The molecule has 15 heavy (non-hydrogen) atoms. The van der Waals surface area contributed by atoms with Crippen LogP contribution >= 0.6 is 0 Å². The Hall–Kier alpha value is -0.710. The molecule has 0 aromatic rings. The van der Waals surface area contributed by atoms with E-state index in [0.717, 1.165) is 11.3 Å². The van der Waals surface area contributed by atoms with Gasteiger partial charge in [0.25, 0.3) is 6.43 Å². The SMILES string of the molecule is CC(C)CCC(=O)N(CCN)CC(F)F. The number of carbonyl (C=O) groups is 1. The van der Waals surface area contributed by atoms with E-state index in [1.165, 1.54) is 0 Å². The lowest BCUT2D eigenvalue weighted by Gasteiger charge is -2.21. The van der Waals surface area contributed by atoms with Crippen LogP contribution in [0.1, 0.15) is 26.7 Å². The molecule has 0 saturated carbocycles. The van der Waals surface area contributed by atoms with Crippen molar-refractivity contribution in [3.63, 3.8) is 0 Å². The molecule has 0 spiro atoms. The first-order valence-corrected chi connectivity index (χ1v) is 5.23. The van der Waals surface area contributed by atoms with Crippen molar-refractivity contribution in [3.8, 4) is 0 Å². The van der Waals surface area contributed by atoms with Gasteiger partial charge in [-0.2, -0.15) is 0 Å². The molecule has 90 valence electrons. The predicted molar refractivity (Wildman–Crippen MR) is 55.7 cm³/mol. The van der Waals surface area contributed by atoms with Gasteiger partial charge in [0.2, 0.25) is 5.91 Å². The van der Waals surface area contributed by atoms with Crippen molar-refractivity contribution in [2.75, 3.05) is 19.6 Å². The van der Waals surface area contributed by atoms with Crippen molar-refractivity contribution in [2.45, 2.75) is 33.1 Å². The van der Waals surface area contributed by atoms with Crippen molar-refractivity contribution in [1.29, 1.82) is 0 Å². The number of halogens is 2. The third-order valence-electron chi connectivity index (χ3n) is 2.05. The fourth-order valence-electron chi connectivity index (χ4n) is 1.21. The lowest BCUT2D eigenvalue weighted by molar-refractivity contribution is -0.133. The fraction of sp³-hybridized carbons (Fsp3) is 0.900. The van der Waals surface area contributed by atoms with Crippen LogP contribution in [0.15, 0.2) is 0 Å². The molecular weight excluding hydrogens is 202 g/mol. The minimum atomic E-state index is -2.49. The number of carbonyl (C=O) groups excluding carboxylic acids is 1. The molecule has 0 unspecified atom stereocenters. The summed E-state index contributed by atoms with van der Waals surface area (Å²) in [7, 11) is 0. The minimum absolute atomic E-state index is 0.210. The zero-order chi connectivity index (χ0) is 11.8. The summed E-state index contributed by atoms with van der Waals surface area (Å²) in [4.78, 5) is 12.7. The molecule has 0 heterocycles. The zero-order valence-electron chi connectivity index (χ0n) is 9.38. The Labute approximate surface area is 89.6 Å². The van der Waals surface area contributed by atoms with Crippen LogP contribution in [0.2, 0.25) is 0 Å². The average Bonchev–Trinajstić information content (AvgIpc) is 2.12. The molecule has 1 amide bonds. The number of alkyl halides is 2. The Bertz CT molecular complexity index is 186. The summed E-state index contributed by atoms with van der Waals surface area (Å²) in [5, 5.41) is 0. The van der Waals surface area contributed by atoms with Crippen LogP contribution in [-0.2, 0) is 4.79 Å². The average molecular weight is 222 g/mol. The number of rotatable bonds is 7. The maximum Gasteiger partial charge on any atom is 0.255 e. The maximum absolute atomic E-state index is 12.1. The van der Waals surface area contributed by atoms with Gasteiger partial charge in [0, 0.05) is 19.5 Å². The highest BCUT2D eigenvalue weighted by molar-refractivity contribution is 5.76. The molecular formula is C10H20F2N2O. The van der Waals surface area contributed by atoms with Crippen LogP contribution in [0.25, 0.3) is 0 Å². The van der Waals surface area contributed by atoms with Gasteiger partial charge < -0.3 is 10.6 Å². The summed E-state index contributed by atoms with van der Waals surface area (Å²) in [6.07, 6.45) is -1.44. The molecule has 0 fully saturated rings. The molecule has 0 rings (SSSR count). The van der Waals surface area contributed by atoms with Crippen LogP contribution in [0.3, 0.4) is 0 Å².